The fourth-order valence-electron chi connectivity index (χ4n) is 0.462. The number of H-pyrrole nitrogens is 1. The van der Waals surface area contributed by atoms with Gasteiger partial charge in [0, 0.05) is 5.92 Å². The van der Waals surface area contributed by atoms with E-state index in [4.69, 9.17) is 0 Å². The minimum atomic E-state index is 0.309. The average Bonchev–Trinajstić information content (AvgIpc) is 2.37. The number of hydrogen-bond acceptors (Lipinski definition) is 4. The van der Waals surface area contributed by atoms with Crippen LogP contribution >= 0.6 is 12.6 Å². The maximum absolute atomic E-state index is 4.09. The van der Waals surface area contributed by atoms with Crippen molar-refractivity contribution in [2.75, 3.05) is 5.75 Å². The van der Waals surface area contributed by atoms with Gasteiger partial charge in [0.1, 0.15) is 0 Å². The van der Waals surface area contributed by atoms with E-state index in [0.29, 0.717) is 5.92 Å². The van der Waals surface area contributed by atoms with Crippen LogP contribution in [0, 0.1) is 0 Å². The second-order valence-corrected chi connectivity index (χ2v) is 2.24. The predicted octanol–water partition coefficient (Wildman–Crippen LogP) is 0.233. The fourth-order valence-corrected chi connectivity index (χ4v) is 0.635. The molecule has 0 saturated carbocycles. The van der Waals surface area contributed by atoms with Gasteiger partial charge < -0.3 is 0 Å². The van der Waals surface area contributed by atoms with Gasteiger partial charge in [0.25, 0.3) is 0 Å². The Morgan fingerprint density at radius 2 is 2.56 bits per heavy atom. The summed E-state index contributed by atoms with van der Waals surface area (Å²) in [6, 6.07) is 0. The standard InChI is InChI=1S/C4H8N4S/c1-3(2-9)4-5-7-8-6-4/h3,9H,2H2,1H3,(H,5,6,7,8)/t3-/m0/s1. The molecule has 0 unspecified atom stereocenters. The molecule has 0 spiro atoms. The molecule has 1 atom stereocenters. The molecule has 5 heteroatoms. The van der Waals surface area contributed by atoms with Crippen molar-refractivity contribution in [3.05, 3.63) is 5.82 Å². The van der Waals surface area contributed by atoms with Gasteiger partial charge >= 0.3 is 0 Å². The maximum atomic E-state index is 4.09. The molecular weight excluding hydrogens is 136 g/mol. The Bertz CT molecular complexity index is 161. The molecule has 4 nitrogen and oxygen atoms in total. The van der Waals surface area contributed by atoms with Crippen molar-refractivity contribution in [3.63, 3.8) is 0 Å². The molecule has 0 bridgehead atoms. The van der Waals surface area contributed by atoms with E-state index in [1.807, 2.05) is 6.92 Å². The van der Waals surface area contributed by atoms with Crippen LogP contribution in [0.15, 0.2) is 0 Å². The van der Waals surface area contributed by atoms with Crippen molar-refractivity contribution in [1.82, 2.24) is 20.6 Å². The Balaban J connectivity index is 2.65. The summed E-state index contributed by atoms with van der Waals surface area (Å²) >= 11 is 4.09. The fraction of sp³-hybridized carbons (Fsp3) is 0.750. The molecule has 1 N–H and O–H groups in total. The van der Waals surface area contributed by atoms with E-state index < -0.39 is 0 Å². The summed E-state index contributed by atoms with van der Waals surface area (Å²) in [6.45, 7) is 2.01. The second kappa shape index (κ2) is 2.82. The first-order valence-corrected chi connectivity index (χ1v) is 3.32. The van der Waals surface area contributed by atoms with Crippen molar-refractivity contribution in [2.45, 2.75) is 12.8 Å². The number of aromatic nitrogens is 4. The first kappa shape index (κ1) is 6.54. The second-order valence-electron chi connectivity index (χ2n) is 1.87. The number of rotatable bonds is 2. The van der Waals surface area contributed by atoms with E-state index in [0.717, 1.165) is 11.6 Å². The zero-order valence-corrected chi connectivity index (χ0v) is 5.97. The Kier molecular flexibility index (Phi) is 2.05. The van der Waals surface area contributed by atoms with Crippen molar-refractivity contribution in [1.29, 1.82) is 0 Å². The van der Waals surface area contributed by atoms with Gasteiger partial charge in [-0.2, -0.15) is 12.6 Å². The van der Waals surface area contributed by atoms with Crippen LogP contribution in [0.2, 0.25) is 0 Å². The van der Waals surface area contributed by atoms with Gasteiger partial charge in [-0.25, -0.2) is 5.10 Å². The van der Waals surface area contributed by atoms with Crippen LogP contribution in [0.25, 0.3) is 0 Å². The summed E-state index contributed by atoms with van der Waals surface area (Å²) < 4.78 is 0. The monoisotopic (exact) mass is 144 g/mol. The van der Waals surface area contributed by atoms with Gasteiger partial charge in [-0.3, -0.25) is 0 Å². The van der Waals surface area contributed by atoms with E-state index >= 15 is 0 Å². The molecule has 50 valence electrons. The first-order chi connectivity index (χ1) is 4.34. The van der Waals surface area contributed by atoms with Gasteiger partial charge in [-0.1, -0.05) is 6.92 Å². The SMILES string of the molecule is C[C@@H](CS)c1nnn[nH]1. The van der Waals surface area contributed by atoms with Crippen LogP contribution in [-0.4, -0.2) is 26.4 Å². The number of aromatic amines is 1. The van der Waals surface area contributed by atoms with E-state index in [1.165, 1.54) is 0 Å². The van der Waals surface area contributed by atoms with E-state index in [1.54, 1.807) is 0 Å². The lowest BCUT2D eigenvalue weighted by Gasteiger charge is -1.98. The molecule has 1 heterocycles. The Labute approximate surface area is 58.5 Å². The Morgan fingerprint density at radius 1 is 1.78 bits per heavy atom. The van der Waals surface area contributed by atoms with E-state index in [2.05, 4.69) is 33.3 Å². The summed E-state index contributed by atoms with van der Waals surface area (Å²) in [6.07, 6.45) is 0. The van der Waals surface area contributed by atoms with Crippen LogP contribution in [0.3, 0.4) is 0 Å². The molecule has 0 aromatic carbocycles. The van der Waals surface area contributed by atoms with Crippen LogP contribution in [-0.2, 0) is 0 Å². The molecule has 1 rings (SSSR count). The molecule has 0 aliphatic heterocycles. The Hall–Kier alpha value is -0.580. The number of tetrazole rings is 1. The molecule has 0 radical (unpaired) electrons. The van der Waals surface area contributed by atoms with E-state index in [-0.39, 0.29) is 0 Å². The highest BCUT2D eigenvalue weighted by Crippen LogP contribution is 2.07. The van der Waals surface area contributed by atoms with Crippen molar-refractivity contribution in [3.8, 4) is 0 Å². The summed E-state index contributed by atoms with van der Waals surface area (Å²) in [7, 11) is 0. The lowest BCUT2D eigenvalue weighted by molar-refractivity contribution is 0.791. The molecule has 0 aliphatic rings. The molecule has 0 fully saturated rings. The molecular formula is C4H8N4S. The highest BCUT2D eigenvalue weighted by molar-refractivity contribution is 7.80. The molecule has 0 aliphatic carbocycles. The number of thiol groups is 1. The van der Waals surface area contributed by atoms with Crippen molar-refractivity contribution in [2.24, 2.45) is 0 Å². The van der Waals surface area contributed by atoms with Crippen LogP contribution in [0.1, 0.15) is 18.7 Å². The Morgan fingerprint density at radius 3 is 3.00 bits per heavy atom. The van der Waals surface area contributed by atoms with Gasteiger partial charge in [0.05, 0.1) is 0 Å². The molecule has 1 aromatic rings. The predicted molar refractivity (Wildman–Crippen MR) is 36.4 cm³/mol. The zero-order chi connectivity index (χ0) is 6.69. The zero-order valence-electron chi connectivity index (χ0n) is 5.07. The smallest absolute Gasteiger partial charge is 0.152 e. The largest absolute Gasteiger partial charge is 0.243 e. The third kappa shape index (κ3) is 1.41. The minimum absolute atomic E-state index is 0.309. The van der Waals surface area contributed by atoms with Crippen LogP contribution in [0.4, 0.5) is 0 Å². The average molecular weight is 144 g/mol. The van der Waals surface area contributed by atoms with Crippen molar-refractivity contribution < 1.29 is 0 Å². The summed E-state index contributed by atoms with van der Waals surface area (Å²) in [5.41, 5.74) is 0. The van der Waals surface area contributed by atoms with Crippen LogP contribution in [0.5, 0.6) is 0 Å². The third-order valence-corrected chi connectivity index (χ3v) is 1.65. The topological polar surface area (TPSA) is 54.5 Å². The van der Waals surface area contributed by atoms with Gasteiger partial charge in [0.15, 0.2) is 5.82 Å². The molecule has 1 aromatic heterocycles. The van der Waals surface area contributed by atoms with Gasteiger partial charge in [0.2, 0.25) is 0 Å². The lowest BCUT2D eigenvalue weighted by Crippen LogP contribution is -1.96. The van der Waals surface area contributed by atoms with Crippen molar-refractivity contribution >= 4 is 12.6 Å². The minimum Gasteiger partial charge on any atom is -0.243 e. The highest BCUT2D eigenvalue weighted by Gasteiger charge is 2.05. The first-order valence-electron chi connectivity index (χ1n) is 2.69. The maximum Gasteiger partial charge on any atom is 0.152 e. The molecule has 0 amide bonds. The summed E-state index contributed by atoms with van der Waals surface area (Å²) in [4.78, 5) is 0. The quantitative estimate of drug-likeness (QED) is 0.584. The molecule has 0 saturated heterocycles. The molecule has 9 heavy (non-hydrogen) atoms. The third-order valence-electron chi connectivity index (χ3n) is 1.10. The van der Waals surface area contributed by atoms with Gasteiger partial charge in [-0.15, -0.1) is 5.10 Å². The number of nitrogens with one attached hydrogen (secondary N) is 1. The number of hydrogen-bond donors (Lipinski definition) is 2. The normalized spacial score (nSPS) is 13.6. The summed E-state index contributed by atoms with van der Waals surface area (Å²) in [5, 5.41) is 13.3. The van der Waals surface area contributed by atoms with Crippen LogP contribution < -0.4 is 0 Å². The highest BCUT2D eigenvalue weighted by atomic mass is 32.1. The summed E-state index contributed by atoms with van der Waals surface area (Å²) in [5.74, 6) is 1.87. The van der Waals surface area contributed by atoms with Gasteiger partial charge in [-0.05, 0) is 16.2 Å². The van der Waals surface area contributed by atoms with E-state index in [9.17, 15) is 0 Å². The lowest BCUT2D eigenvalue weighted by atomic mass is 10.2. The number of nitrogens with zero attached hydrogens (tertiary/aromatic N) is 3.